The second-order valence-electron chi connectivity index (χ2n) is 5.29. The lowest BCUT2D eigenvalue weighted by molar-refractivity contribution is -0.119. The molecular formula is C17H18N2O5S. The van der Waals surface area contributed by atoms with Gasteiger partial charge < -0.3 is 19.7 Å². The van der Waals surface area contributed by atoms with E-state index in [2.05, 4.69) is 5.32 Å². The van der Waals surface area contributed by atoms with Crippen LogP contribution in [0, 0.1) is 6.92 Å². The molecule has 8 heteroatoms. The number of hydrogen-bond donors (Lipinski definition) is 2. The Balaban J connectivity index is 2.17. The van der Waals surface area contributed by atoms with Gasteiger partial charge in [0.15, 0.2) is 5.78 Å². The Hall–Kier alpha value is -2.71. The van der Waals surface area contributed by atoms with Crippen molar-refractivity contribution >= 4 is 34.1 Å². The fourth-order valence-corrected chi connectivity index (χ4v) is 2.92. The first-order valence-electron chi connectivity index (χ1n) is 7.34. The highest BCUT2D eigenvalue weighted by atomic mass is 32.1. The molecular weight excluding hydrogens is 344 g/mol. The van der Waals surface area contributed by atoms with Crippen molar-refractivity contribution in [2.75, 3.05) is 19.0 Å². The van der Waals surface area contributed by atoms with E-state index in [9.17, 15) is 19.5 Å². The number of carbonyl (C=O) groups is 2. The molecule has 1 amide bonds. The molecule has 0 saturated carbocycles. The zero-order valence-corrected chi connectivity index (χ0v) is 14.8. The van der Waals surface area contributed by atoms with Crippen molar-refractivity contribution in [3.63, 3.8) is 0 Å². The van der Waals surface area contributed by atoms with Gasteiger partial charge in [-0.25, -0.2) is 0 Å². The zero-order chi connectivity index (χ0) is 18.6. The number of nitrogens with one attached hydrogen (secondary N) is 1. The SMILES string of the molecule is COCC(=O)Nc1ccc(C=CC(=O)c2c(O)cc(C)n(C)c2=O)s1. The number of aryl methyl sites for hydroxylation is 1. The van der Waals surface area contributed by atoms with Gasteiger partial charge in [0, 0.05) is 30.8 Å². The number of aromatic nitrogens is 1. The third-order valence-electron chi connectivity index (χ3n) is 3.46. The number of nitrogens with zero attached hydrogens (tertiary/aromatic N) is 1. The lowest BCUT2D eigenvalue weighted by Crippen LogP contribution is -2.25. The molecule has 0 fully saturated rings. The molecule has 0 atom stereocenters. The van der Waals surface area contributed by atoms with Crippen LogP contribution in [0.4, 0.5) is 5.00 Å². The van der Waals surface area contributed by atoms with Crippen LogP contribution in [0.2, 0.25) is 0 Å². The smallest absolute Gasteiger partial charge is 0.265 e. The summed E-state index contributed by atoms with van der Waals surface area (Å²) in [5, 5.41) is 13.2. The van der Waals surface area contributed by atoms with Crippen LogP contribution in [-0.4, -0.2) is 35.1 Å². The Morgan fingerprint density at radius 1 is 1.40 bits per heavy atom. The molecule has 0 saturated heterocycles. The number of ketones is 1. The number of aromatic hydroxyl groups is 1. The number of anilines is 1. The van der Waals surface area contributed by atoms with Crippen LogP contribution < -0.4 is 10.9 Å². The molecule has 0 aliphatic carbocycles. The minimum atomic E-state index is -0.587. The molecule has 2 N–H and O–H groups in total. The lowest BCUT2D eigenvalue weighted by Gasteiger charge is -2.07. The van der Waals surface area contributed by atoms with Crippen LogP contribution in [0.3, 0.4) is 0 Å². The Kier molecular flexibility index (Phi) is 5.89. The van der Waals surface area contributed by atoms with Gasteiger partial charge in [-0.3, -0.25) is 14.4 Å². The maximum Gasteiger partial charge on any atom is 0.265 e. The van der Waals surface area contributed by atoms with Crippen molar-refractivity contribution < 1.29 is 19.4 Å². The van der Waals surface area contributed by atoms with Crippen molar-refractivity contribution in [1.29, 1.82) is 0 Å². The molecule has 2 aromatic rings. The Morgan fingerprint density at radius 2 is 2.12 bits per heavy atom. The maximum atomic E-state index is 12.3. The average Bonchev–Trinajstić information content (AvgIpc) is 2.98. The first-order chi connectivity index (χ1) is 11.8. The van der Waals surface area contributed by atoms with Gasteiger partial charge in [-0.15, -0.1) is 11.3 Å². The number of pyridine rings is 1. The normalized spacial score (nSPS) is 11.0. The number of rotatable bonds is 6. The third-order valence-corrected chi connectivity index (χ3v) is 4.43. The summed E-state index contributed by atoms with van der Waals surface area (Å²) in [6.07, 6.45) is 2.75. The second-order valence-corrected chi connectivity index (χ2v) is 6.41. The number of ether oxygens (including phenoxy) is 1. The molecule has 25 heavy (non-hydrogen) atoms. The van der Waals surface area contributed by atoms with Gasteiger partial charge in [0.1, 0.15) is 17.9 Å². The highest BCUT2D eigenvalue weighted by Crippen LogP contribution is 2.23. The van der Waals surface area contributed by atoms with Crippen molar-refractivity contribution in [3.8, 4) is 5.75 Å². The highest BCUT2D eigenvalue weighted by molar-refractivity contribution is 7.17. The summed E-state index contributed by atoms with van der Waals surface area (Å²) in [6, 6.07) is 4.80. The fourth-order valence-electron chi connectivity index (χ4n) is 2.09. The van der Waals surface area contributed by atoms with Gasteiger partial charge in [-0.05, 0) is 31.2 Å². The number of hydrogen-bond acceptors (Lipinski definition) is 6. The molecule has 0 aliphatic heterocycles. The van der Waals surface area contributed by atoms with Gasteiger partial charge in [0.25, 0.3) is 11.5 Å². The first kappa shape index (κ1) is 18.6. The predicted molar refractivity (Wildman–Crippen MR) is 96.3 cm³/mol. The van der Waals surface area contributed by atoms with Gasteiger partial charge >= 0.3 is 0 Å². The van der Waals surface area contributed by atoms with Crippen molar-refractivity contribution in [1.82, 2.24) is 4.57 Å². The van der Waals surface area contributed by atoms with Gasteiger partial charge in [-0.2, -0.15) is 0 Å². The predicted octanol–water partition coefficient (Wildman–Crippen LogP) is 1.94. The van der Waals surface area contributed by atoms with Crippen molar-refractivity contribution in [3.05, 3.63) is 50.8 Å². The summed E-state index contributed by atoms with van der Waals surface area (Å²) in [7, 11) is 2.96. The van der Waals surface area contributed by atoms with Crippen molar-refractivity contribution in [2.45, 2.75) is 6.92 Å². The van der Waals surface area contributed by atoms with E-state index in [1.165, 1.54) is 48.3 Å². The summed E-state index contributed by atoms with van der Waals surface area (Å²) < 4.78 is 6.03. The number of thiophene rings is 1. The summed E-state index contributed by atoms with van der Waals surface area (Å²) in [5.41, 5.74) is -0.266. The highest BCUT2D eigenvalue weighted by Gasteiger charge is 2.16. The van der Waals surface area contributed by atoms with Crippen LogP contribution in [0.25, 0.3) is 6.08 Å². The van der Waals surface area contributed by atoms with Gasteiger partial charge in [0.2, 0.25) is 0 Å². The molecule has 0 aromatic carbocycles. The summed E-state index contributed by atoms with van der Waals surface area (Å²) in [4.78, 5) is 36.5. The van der Waals surface area contributed by atoms with Gasteiger partial charge in [0.05, 0.1) is 5.00 Å². The molecule has 7 nitrogen and oxygen atoms in total. The summed E-state index contributed by atoms with van der Waals surface area (Å²) in [6.45, 7) is 1.62. The van der Waals surface area contributed by atoms with E-state index in [1.807, 2.05) is 0 Å². The Morgan fingerprint density at radius 3 is 2.80 bits per heavy atom. The van der Waals surface area contributed by atoms with Crippen LogP contribution in [-0.2, 0) is 16.6 Å². The molecule has 2 rings (SSSR count). The zero-order valence-electron chi connectivity index (χ0n) is 14.0. The lowest BCUT2D eigenvalue weighted by atomic mass is 10.1. The van der Waals surface area contributed by atoms with E-state index in [4.69, 9.17) is 4.74 Å². The molecule has 2 aromatic heterocycles. The third kappa shape index (κ3) is 4.43. The molecule has 2 heterocycles. The monoisotopic (exact) mass is 362 g/mol. The largest absolute Gasteiger partial charge is 0.507 e. The maximum absolute atomic E-state index is 12.3. The van der Waals surface area contributed by atoms with Crippen LogP contribution in [0.5, 0.6) is 5.75 Å². The van der Waals surface area contributed by atoms with Crippen LogP contribution in [0.15, 0.2) is 29.1 Å². The second kappa shape index (κ2) is 7.91. The van der Waals surface area contributed by atoms with E-state index in [-0.39, 0.29) is 23.8 Å². The van der Waals surface area contributed by atoms with Crippen molar-refractivity contribution in [2.24, 2.45) is 7.05 Å². The molecule has 0 spiro atoms. The summed E-state index contributed by atoms with van der Waals surface area (Å²) >= 11 is 1.27. The average molecular weight is 362 g/mol. The van der Waals surface area contributed by atoms with E-state index in [0.717, 1.165) is 0 Å². The standard InChI is InChI=1S/C17H18N2O5S/c1-10-8-13(21)16(17(23)19(10)2)12(20)6-4-11-5-7-15(25-11)18-14(22)9-24-3/h4-8,21H,9H2,1-3H3,(H,18,22). The number of allylic oxidation sites excluding steroid dienone is 1. The quantitative estimate of drug-likeness (QED) is 0.605. The molecule has 0 bridgehead atoms. The van der Waals surface area contributed by atoms with E-state index in [1.54, 1.807) is 19.1 Å². The number of carbonyl (C=O) groups excluding carboxylic acids is 2. The molecule has 0 unspecified atom stereocenters. The minimum Gasteiger partial charge on any atom is -0.507 e. The first-order valence-corrected chi connectivity index (χ1v) is 8.15. The minimum absolute atomic E-state index is 0.0441. The fraction of sp³-hybridized carbons (Fsp3) is 0.235. The van der Waals surface area contributed by atoms with Crippen LogP contribution >= 0.6 is 11.3 Å². The molecule has 0 radical (unpaired) electrons. The van der Waals surface area contributed by atoms with Crippen LogP contribution in [0.1, 0.15) is 20.9 Å². The van der Waals surface area contributed by atoms with E-state index in [0.29, 0.717) is 15.6 Å². The van der Waals surface area contributed by atoms with Gasteiger partial charge in [-0.1, -0.05) is 0 Å². The van der Waals surface area contributed by atoms with E-state index < -0.39 is 11.3 Å². The van der Waals surface area contributed by atoms with E-state index >= 15 is 0 Å². The topological polar surface area (TPSA) is 97.6 Å². The molecule has 0 aliphatic rings. The summed E-state index contributed by atoms with van der Waals surface area (Å²) in [5.74, 6) is -1.20. The number of methoxy groups -OCH3 is 1. The molecule has 132 valence electrons. The Bertz CT molecular complexity index is 895. The number of amides is 1. The Labute approximate surface area is 148 Å².